The molecule has 2 aromatic carbocycles. The van der Waals surface area contributed by atoms with E-state index in [4.69, 9.17) is 0 Å². The molecule has 1 heterocycles. The monoisotopic (exact) mass is 284 g/mol. The molecule has 0 spiro atoms. The van der Waals surface area contributed by atoms with Crippen molar-refractivity contribution in [2.75, 3.05) is 0 Å². The van der Waals surface area contributed by atoms with Crippen molar-refractivity contribution in [3.05, 3.63) is 47.5 Å². The first-order valence-electron chi connectivity index (χ1n) is 7.38. The lowest BCUT2D eigenvalue weighted by molar-refractivity contribution is 0.662. The molecule has 0 aromatic heterocycles. The molecule has 2 unspecified atom stereocenters. The van der Waals surface area contributed by atoms with Crippen LogP contribution in [0.2, 0.25) is 0 Å². The van der Waals surface area contributed by atoms with E-state index >= 15 is 0 Å². The molecule has 0 saturated heterocycles. The van der Waals surface area contributed by atoms with E-state index in [2.05, 4.69) is 50.3 Å². The number of rotatable bonds is 3. The fourth-order valence-corrected chi connectivity index (χ4v) is 4.85. The number of benzene rings is 2. The Labute approximate surface area is 123 Å². The van der Waals surface area contributed by atoms with Gasteiger partial charge in [0.2, 0.25) is 0 Å². The van der Waals surface area contributed by atoms with Crippen LogP contribution >= 0.6 is 0 Å². The molecule has 2 aromatic rings. The van der Waals surface area contributed by atoms with Crippen molar-refractivity contribution in [3.8, 4) is 0 Å². The molecule has 0 fully saturated rings. The maximum Gasteiger partial charge on any atom is 0.0608 e. The second kappa shape index (κ2) is 5.53. The van der Waals surface area contributed by atoms with E-state index in [1.165, 1.54) is 16.3 Å². The van der Waals surface area contributed by atoms with E-state index in [1.54, 1.807) is 0 Å². The van der Waals surface area contributed by atoms with Crippen molar-refractivity contribution in [3.63, 3.8) is 0 Å². The van der Waals surface area contributed by atoms with E-state index in [0.29, 0.717) is 0 Å². The Bertz CT molecular complexity index is 700. The molecule has 2 atom stereocenters. The van der Waals surface area contributed by atoms with Crippen LogP contribution in [-0.4, -0.2) is 9.46 Å². The van der Waals surface area contributed by atoms with Gasteiger partial charge in [0.1, 0.15) is 0 Å². The van der Waals surface area contributed by atoms with Gasteiger partial charge in [-0.05, 0) is 41.3 Å². The van der Waals surface area contributed by atoms with Gasteiger partial charge in [-0.25, -0.2) is 0 Å². The van der Waals surface area contributed by atoms with Crippen LogP contribution in [0.4, 0.5) is 0 Å². The molecule has 104 valence electrons. The minimum absolute atomic E-state index is 0.207. The lowest BCUT2D eigenvalue weighted by atomic mass is 9.99. The zero-order chi connectivity index (χ0) is 14.1. The number of hydrogen-bond donors (Lipinski definition) is 0. The summed E-state index contributed by atoms with van der Waals surface area (Å²) in [7, 11) is -0.907. The van der Waals surface area contributed by atoms with Crippen molar-refractivity contribution < 1.29 is 4.21 Å². The molecule has 3 rings (SSSR count). The molecular weight excluding hydrogens is 264 g/mol. The normalized spacial score (nSPS) is 21.6. The van der Waals surface area contributed by atoms with Gasteiger partial charge < -0.3 is 0 Å². The van der Waals surface area contributed by atoms with Gasteiger partial charge in [0, 0.05) is 4.90 Å². The molecule has 0 bridgehead atoms. The van der Waals surface area contributed by atoms with Crippen molar-refractivity contribution in [2.24, 2.45) is 0 Å². The Kier molecular flexibility index (Phi) is 3.75. The topological polar surface area (TPSA) is 17.1 Å². The highest BCUT2D eigenvalue weighted by Gasteiger charge is 2.27. The van der Waals surface area contributed by atoms with Crippen LogP contribution in [0.3, 0.4) is 0 Å². The maximum absolute atomic E-state index is 12.9. The Balaban J connectivity index is 2.19. The first-order valence-corrected chi connectivity index (χ1v) is 8.59. The Hall–Kier alpha value is -1.41. The summed E-state index contributed by atoms with van der Waals surface area (Å²) in [5, 5.41) is 2.62. The summed E-state index contributed by atoms with van der Waals surface area (Å²) in [6.45, 7) is 4.33. The van der Waals surface area contributed by atoms with E-state index in [-0.39, 0.29) is 5.25 Å². The van der Waals surface area contributed by atoms with Crippen molar-refractivity contribution in [1.82, 2.24) is 0 Å². The van der Waals surface area contributed by atoms with Crippen molar-refractivity contribution in [2.45, 2.75) is 43.3 Å². The standard InChI is InChI=1S/C18H20OS/c1-3-7-17-13(4-2)10-16-11-14-8-5-6-9-15(14)12-18(16)20(17)19/h5-6,8-12,17H,3-4,7H2,1-2H3. The summed E-state index contributed by atoms with van der Waals surface area (Å²) in [6.07, 6.45) is 5.35. The van der Waals surface area contributed by atoms with E-state index in [9.17, 15) is 4.21 Å². The first-order chi connectivity index (χ1) is 9.74. The average molecular weight is 284 g/mol. The highest BCUT2D eigenvalue weighted by Crippen LogP contribution is 2.35. The fraction of sp³-hybridized carbons (Fsp3) is 0.333. The molecule has 1 aliphatic rings. The largest absolute Gasteiger partial charge is 0.254 e. The molecule has 1 nitrogen and oxygen atoms in total. The minimum atomic E-state index is -0.907. The van der Waals surface area contributed by atoms with E-state index in [0.717, 1.165) is 29.7 Å². The molecule has 1 aliphatic heterocycles. The summed E-state index contributed by atoms with van der Waals surface area (Å²) in [6, 6.07) is 12.6. The Morgan fingerprint density at radius 2 is 1.80 bits per heavy atom. The third kappa shape index (κ3) is 2.22. The summed E-state index contributed by atoms with van der Waals surface area (Å²) >= 11 is 0. The van der Waals surface area contributed by atoms with Crippen LogP contribution in [0, 0.1) is 0 Å². The van der Waals surface area contributed by atoms with Crippen LogP contribution in [0.15, 0.2) is 46.9 Å². The summed E-state index contributed by atoms with van der Waals surface area (Å²) in [5.41, 5.74) is 2.49. The number of hydrogen-bond acceptors (Lipinski definition) is 1. The fourth-order valence-electron chi connectivity index (χ4n) is 2.99. The molecular formula is C18H20OS. The SMILES string of the molecule is CCCC1C(CC)=Cc2cc3ccccc3cc2S1=O. The Morgan fingerprint density at radius 1 is 1.10 bits per heavy atom. The highest BCUT2D eigenvalue weighted by molar-refractivity contribution is 7.86. The highest BCUT2D eigenvalue weighted by atomic mass is 32.2. The molecule has 0 amide bonds. The quantitative estimate of drug-likeness (QED) is 0.781. The van der Waals surface area contributed by atoms with Crippen LogP contribution in [-0.2, 0) is 10.8 Å². The predicted octanol–water partition coefficient (Wildman–Crippen LogP) is 4.92. The van der Waals surface area contributed by atoms with E-state index < -0.39 is 10.8 Å². The molecule has 20 heavy (non-hydrogen) atoms. The van der Waals surface area contributed by atoms with Gasteiger partial charge in [0.25, 0.3) is 0 Å². The predicted molar refractivity (Wildman–Crippen MR) is 87.3 cm³/mol. The van der Waals surface area contributed by atoms with Gasteiger partial charge in [-0.2, -0.15) is 0 Å². The minimum Gasteiger partial charge on any atom is -0.254 e. The molecule has 0 aliphatic carbocycles. The van der Waals surface area contributed by atoms with Crippen LogP contribution in [0.1, 0.15) is 38.7 Å². The summed E-state index contributed by atoms with van der Waals surface area (Å²) < 4.78 is 12.9. The maximum atomic E-state index is 12.9. The zero-order valence-corrected chi connectivity index (χ0v) is 12.9. The van der Waals surface area contributed by atoms with Crippen LogP contribution < -0.4 is 0 Å². The van der Waals surface area contributed by atoms with Crippen molar-refractivity contribution >= 4 is 27.6 Å². The van der Waals surface area contributed by atoms with Gasteiger partial charge >= 0.3 is 0 Å². The molecule has 0 N–H and O–H groups in total. The molecule has 0 radical (unpaired) electrons. The third-order valence-corrected chi connectivity index (χ3v) is 5.91. The average Bonchev–Trinajstić information content (AvgIpc) is 2.48. The summed E-state index contributed by atoms with van der Waals surface area (Å²) in [5.74, 6) is 0. The van der Waals surface area contributed by atoms with Gasteiger partial charge in [0.15, 0.2) is 0 Å². The Morgan fingerprint density at radius 3 is 2.45 bits per heavy atom. The van der Waals surface area contributed by atoms with Crippen LogP contribution in [0.25, 0.3) is 16.8 Å². The lowest BCUT2D eigenvalue weighted by Crippen LogP contribution is -2.21. The number of fused-ring (bicyclic) bond motifs is 2. The summed E-state index contributed by atoms with van der Waals surface area (Å²) in [4.78, 5) is 1.01. The smallest absolute Gasteiger partial charge is 0.0608 e. The third-order valence-electron chi connectivity index (χ3n) is 4.07. The van der Waals surface area contributed by atoms with Gasteiger partial charge in [-0.15, -0.1) is 0 Å². The zero-order valence-electron chi connectivity index (χ0n) is 12.1. The van der Waals surface area contributed by atoms with Crippen LogP contribution in [0.5, 0.6) is 0 Å². The van der Waals surface area contributed by atoms with E-state index in [1.807, 2.05) is 6.07 Å². The van der Waals surface area contributed by atoms with Gasteiger partial charge in [0.05, 0.1) is 16.0 Å². The van der Waals surface area contributed by atoms with Gasteiger partial charge in [-0.1, -0.05) is 56.2 Å². The molecule has 0 saturated carbocycles. The second-order valence-corrected chi connectivity index (χ2v) is 6.99. The molecule has 2 heteroatoms. The second-order valence-electron chi connectivity index (χ2n) is 5.38. The lowest BCUT2D eigenvalue weighted by Gasteiger charge is -2.25. The van der Waals surface area contributed by atoms with Crippen molar-refractivity contribution in [1.29, 1.82) is 0 Å². The first kappa shape index (κ1) is 13.6. The van der Waals surface area contributed by atoms with Gasteiger partial charge in [-0.3, -0.25) is 4.21 Å².